The van der Waals surface area contributed by atoms with Gasteiger partial charge in [-0.3, -0.25) is 9.59 Å². The Balaban J connectivity index is 1.94. The minimum absolute atomic E-state index is 0.116. The number of nitriles is 1. The number of amides is 2. The number of hydrogen-bond acceptors (Lipinski definition) is 5. The van der Waals surface area contributed by atoms with E-state index in [2.05, 4.69) is 30.7 Å². The van der Waals surface area contributed by atoms with Gasteiger partial charge in [-0.2, -0.15) is 5.26 Å². The Morgan fingerprint density at radius 1 is 1.09 bits per heavy atom. The van der Waals surface area contributed by atoms with Crippen LogP contribution in [0.15, 0.2) is 54.6 Å². The van der Waals surface area contributed by atoms with Crippen LogP contribution in [0.5, 0.6) is 5.75 Å². The number of hydrogen-bond donors (Lipinski definition) is 0. The first-order valence-electron chi connectivity index (χ1n) is 10.3. The molecule has 3 rings (SSSR count). The smallest absolute Gasteiger partial charge is 0.258 e. The number of allylic oxidation sites excluding steroid dienone is 1. The fourth-order valence-corrected chi connectivity index (χ4v) is 3.45. The third-order valence-corrected chi connectivity index (χ3v) is 5.10. The average Bonchev–Trinajstić information content (AvgIpc) is 3.15. The molecule has 0 N–H and O–H groups in total. The molecule has 1 aliphatic heterocycles. The highest BCUT2D eigenvalue weighted by Gasteiger charge is 2.24. The first-order valence-corrected chi connectivity index (χ1v) is 10.3. The lowest BCUT2D eigenvalue weighted by molar-refractivity contribution is -0.119. The number of benzene rings is 2. The van der Waals surface area contributed by atoms with E-state index >= 15 is 0 Å². The van der Waals surface area contributed by atoms with Gasteiger partial charge in [0.05, 0.1) is 17.3 Å². The van der Waals surface area contributed by atoms with Crippen molar-refractivity contribution in [3.63, 3.8) is 0 Å². The van der Waals surface area contributed by atoms with Crippen molar-refractivity contribution in [1.82, 2.24) is 0 Å². The molecule has 6 nitrogen and oxygen atoms in total. The number of carbonyl (C=O) groups excluding carboxylic acids is 2. The number of ether oxygens (including phenoxy) is 1. The molecule has 0 aliphatic carbocycles. The minimum atomic E-state index is -0.387. The predicted octanol–water partition coefficient (Wildman–Crippen LogP) is 4.04. The van der Waals surface area contributed by atoms with Crippen LogP contribution in [0, 0.1) is 23.7 Å². The van der Waals surface area contributed by atoms with Crippen molar-refractivity contribution >= 4 is 34.8 Å². The van der Waals surface area contributed by atoms with Gasteiger partial charge < -0.3 is 9.64 Å². The second-order valence-corrected chi connectivity index (χ2v) is 6.95. The average molecular weight is 425 g/mol. The van der Waals surface area contributed by atoms with Crippen LogP contribution >= 0.6 is 0 Å². The molecule has 0 fully saturated rings. The molecule has 160 valence electrons. The van der Waals surface area contributed by atoms with E-state index in [1.807, 2.05) is 18.2 Å². The molecule has 2 aromatic carbocycles. The van der Waals surface area contributed by atoms with Crippen molar-refractivity contribution < 1.29 is 14.3 Å². The third-order valence-electron chi connectivity index (χ3n) is 5.10. The number of imide groups is 1. The van der Waals surface area contributed by atoms with Crippen molar-refractivity contribution in [3.8, 4) is 24.2 Å². The van der Waals surface area contributed by atoms with E-state index in [4.69, 9.17) is 11.2 Å². The molecule has 0 spiro atoms. The van der Waals surface area contributed by atoms with E-state index in [9.17, 15) is 14.9 Å². The van der Waals surface area contributed by atoms with E-state index in [-0.39, 0.29) is 18.4 Å². The van der Waals surface area contributed by atoms with Gasteiger partial charge in [-0.1, -0.05) is 18.1 Å². The SMILES string of the molecule is C#CCOc1cc(N(CC)CC)ccc1/C=C(\C#N)c1ccc(N2C(=O)C=CC2=O)cc1. The minimum Gasteiger partial charge on any atom is -0.480 e. The van der Waals surface area contributed by atoms with Crippen LogP contribution in [0.2, 0.25) is 0 Å². The summed E-state index contributed by atoms with van der Waals surface area (Å²) in [6.07, 6.45) is 9.57. The normalized spacial score (nSPS) is 13.1. The van der Waals surface area contributed by atoms with Gasteiger partial charge in [0.1, 0.15) is 12.4 Å². The first-order chi connectivity index (χ1) is 15.5. The Morgan fingerprint density at radius 3 is 2.31 bits per heavy atom. The quantitative estimate of drug-likeness (QED) is 0.276. The summed E-state index contributed by atoms with van der Waals surface area (Å²) >= 11 is 0. The van der Waals surface area contributed by atoms with Gasteiger partial charge in [-0.15, -0.1) is 6.42 Å². The zero-order valence-electron chi connectivity index (χ0n) is 18.0. The largest absolute Gasteiger partial charge is 0.480 e. The van der Waals surface area contributed by atoms with E-state index in [1.54, 1.807) is 30.3 Å². The Morgan fingerprint density at radius 2 is 1.75 bits per heavy atom. The lowest BCUT2D eigenvalue weighted by Gasteiger charge is -2.22. The van der Waals surface area contributed by atoms with Crippen LogP contribution in [-0.2, 0) is 9.59 Å². The molecule has 0 unspecified atom stereocenters. The second kappa shape index (κ2) is 10.1. The van der Waals surface area contributed by atoms with Gasteiger partial charge in [0.15, 0.2) is 0 Å². The van der Waals surface area contributed by atoms with Crippen molar-refractivity contribution in [3.05, 3.63) is 65.7 Å². The summed E-state index contributed by atoms with van der Waals surface area (Å²) in [7, 11) is 0. The molecule has 1 heterocycles. The van der Waals surface area contributed by atoms with E-state index in [1.165, 1.54) is 12.2 Å². The third kappa shape index (κ3) is 4.71. The summed E-state index contributed by atoms with van der Waals surface area (Å²) < 4.78 is 5.75. The molecular formula is C26H23N3O3. The van der Waals surface area contributed by atoms with Gasteiger partial charge >= 0.3 is 0 Å². The molecule has 0 saturated heterocycles. The van der Waals surface area contributed by atoms with Crippen LogP contribution in [0.4, 0.5) is 11.4 Å². The zero-order valence-corrected chi connectivity index (χ0v) is 18.0. The van der Waals surface area contributed by atoms with Crippen LogP contribution < -0.4 is 14.5 Å². The highest BCUT2D eigenvalue weighted by atomic mass is 16.5. The van der Waals surface area contributed by atoms with Gasteiger partial charge in [-0.25, -0.2) is 4.90 Å². The summed E-state index contributed by atoms with van der Waals surface area (Å²) in [5.41, 5.74) is 3.25. The van der Waals surface area contributed by atoms with Gasteiger partial charge in [0, 0.05) is 42.6 Å². The van der Waals surface area contributed by atoms with Crippen molar-refractivity contribution in [2.45, 2.75) is 13.8 Å². The second-order valence-electron chi connectivity index (χ2n) is 6.95. The fourth-order valence-electron chi connectivity index (χ4n) is 3.45. The number of terminal acetylenes is 1. The maximum Gasteiger partial charge on any atom is 0.258 e. The number of carbonyl (C=O) groups is 2. The van der Waals surface area contributed by atoms with Crippen LogP contribution in [-0.4, -0.2) is 31.5 Å². The van der Waals surface area contributed by atoms with Crippen molar-refractivity contribution in [2.24, 2.45) is 0 Å². The lowest BCUT2D eigenvalue weighted by atomic mass is 10.0. The molecule has 0 radical (unpaired) electrons. The Hall–Kier alpha value is -4.29. The predicted molar refractivity (Wildman–Crippen MR) is 126 cm³/mol. The van der Waals surface area contributed by atoms with Crippen molar-refractivity contribution in [1.29, 1.82) is 5.26 Å². The Kier molecular flexibility index (Phi) is 7.10. The van der Waals surface area contributed by atoms with Crippen molar-refractivity contribution in [2.75, 3.05) is 29.5 Å². The standard InChI is InChI=1S/C26H23N3O3/c1-4-15-32-24-17-23(28(5-2)6-3)12-9-20(24)16-21(18-27)19-7-10-22(11-8-19)29-25(30)13-14-26(29)31/h1,7-14,16-17H,5-6,15H2,2-3H3/b21-16+. The summed E-state index contributed by atoms with van der Waals surface area (Å²) in [6, 6.07) is 14.7. The maximum atomic E-state index is 11.9. The molecule has 0 bridgehead atoms. The van der Waals surface area contributed by atoms with Crippen LogP contribution in [0.25, 0.3) is 11.6 Å². The Bertz CT molecular complexity index is 1140. The summed E-state index contributed by atoms with van der Waals surface area (Å²) in [6.45, 7) is 5.98. The molecule has 1 aliphatic rings. The molecule has 6 heteroatoms. The van der Waals surface area contributed by atoms with Crippen LogP contribution in [0.1, 0.15) is 25.0 Å². The molecule has 0 aromatic heterocycles. The molecule has 2 aromatic rings. The molecular weight excluding hydrogens is 402 g/mol. The monoisotopic (exact) mass is 425 g/mol. The summed E-state index contributed by atoms with van der Waals surface area (Å²) in [4.78, 5) is 27.0. The van der Waals surface area contributed by atoms with Gasteiger partial charge in [0.2, 0.25) is 0 Å². The van der Waals surface area contributed by atoms with Crippen LogP contribution in [0.3, 0.4) is 0 Å². The van der Waals surface area contributed by atoms with E-state index < -0.39 is 0 Å². The first kappa shape index (κ1) is 22.4. The molecule has 0 saturated carbocycles. The fraction of sp³-hybridized carbons (Fsp3) is 0.192. The molecule has 2 amide bonds. The van der Waals surface area contributed by atoms with Gasteiger partial charge in [-0.05, 0) is 49.8 Å². The lowest BCUT2D eigenvalue weighted by Crippen LogP contribution is -2.29. The number of anilines is 2. The van der Waals surface area contributed by atoms with E-state index in [0.717, 1.165) is 29.2 Å². The highest BCUT2D eigenvalue weighted by molar-refractivity contribution is 6.28. The van der Waals surface area contributed by atoms with E-state index in [0.29, 0.717) is 22.6 Å². The summed E-state index contributed by atoms with van der Waals surface area (Å²) in [5.74, 6) is 2.29. The number of rotatable bonds is 8. The molecule has 0 atom stereocenters. The topological polar surface area (TPSA) is 73.6 Å². The Labute approximate surface area is 188 Å². The molecule has 32 heavy (non-hydrogen) atoms. The number of nitrogens with zero attached hydrogens (tertiary/aromatic N) is 3. The highest BCUT2D eigenvalue weighted by Crippen LogP contribution is 2.30. The maximum absolute atomic E-state index is 11.9. The van der Waals surface area contributed by atoms with Gasteiger partial charge in [0.25, 0.3) is 11.8 Å². The zero-order chi connectivity index (χ0) is 23.1. The summed E-state index contributed by atoms with van der Waals surface area (Å²) in [5, 5.41) is 9.76.